The van der Waals surface area contributed by atoms with E-state index in [9.17, 15) is 4.79 Å². The van der Waals surface area contributed by atoms with Crippen LogP contribution in [0.1, 0.15) is 30.4 Å². The molecule has 0 aliphatic rings. The molecule has 0 aliphatic heterocycles. The summed E-state index contributed by atoms with van der Waals surface area (Å²) in [5.41, 5.74) is 3.35. The van der Waals surface area contributed by atoms with Gasteiger partial charge in [-0.2, -0.15) is 0 Å². The first-order valence-electron chi connectivity index (χ1n) is 7.09. The number of thiazole rings is 1. The Morgan fingerprint density at radius 1 is 1.29 bits per heavy atom. The number of rotatable bonds is 3. The lowest BCUT2D eigenvalue weighted by molar-refractivity contribution is 0.567. The van der Waals surface area contributed by atoms with Crippen LogP contribution in [0.15, 0.2) is 32.8 Å². The molecule has 0 bridgehead atoms. The van der Waals surface area contributed by atoms with Crippen molar-refractivity contribution in [3.05, 3.63) is 50.8 Å². The molecule has 2 heterocycles. The first kappa shape index (κ1) is 14.0. The molecule has 0 fully saturated rings. The van der Waals surface area contributed by atoms with Gasteiger partial charge in [0, 0.05) is 11.1 Å². The molecule has 108 valence electrons. The van der Waals surface area contributed by atoms with Crippen LogP contribution in [0.3, 0.4) is 0 Å². The predicted molar refractivity (Wildman–Crippen MR) is 87.1 cm³/mol. The maximum absolute atomic E-state index is 12.8. The van der Waals surface area contributed by atoms with Crippen molar-refractivity contribution >= 4 is 22.3 Å². The predicted octanol–water partition coefficient (Wildman–Crippen LogP) is 4.49. The third-order valence-electron chi connectivity index (χ3n) is 3.50. The zero-order chi connectivity index (χ0) is 15.0. The summed E-state index contributed by atoms with van der Waals surface area (Å²) < 4.78 is 5.84. The van der Waals surface area contributed by atoms with Gasteiger partial charge < -0.3 is 4.42 Å². The summed E-state index contributed by atoms with van der Waals surface area (Å²) in [6.45, 7) is 5.88. The van der Waals surface area contributed by atoms with Crippen LogP contribution in [0.5, 0.6) is 0 Å². The highest BCUT2D eigenvalue weighted by Gasteiger charge is 2.16. The van der Waals surface area contributed by atoms with E-state index < -0.39 is 0 Å². The van der Waals surface area contributed by atoms with Crippen LogP contribution in [0, 0.1) is 13.8 Å². The lowest BCUT2D eigenvalue weighted by atomic mass is 10.1. The minimum absolute atomic E-state index is 0.0149. The molecule has 1 aromatic carbocycles. The minimum Gasteiger partial charge on any atom is -0.460 e. The van der Waals surface area contributed by atoms with Gasteiger partial charge in [-0.15, -0.1) is 11.3 Å². The Hall–Kier alpha value is -1.94. The fourth-order valence-electron chi connectivity index (χ4n) is 2.51. The Balaban J connectivity index is 2.28. The molecule has 0 saturated heterocycles. The van der Waals surface area contributed by atoms with Crippen molar-refractivity contribution in [1.82, 2.24) is 4.98 Å². The maximum atomic E-state index is 12.8. The number of nitrogens with zero attached hydrogens (tertiary/aromatic N) is 1. The molecule has 0 unspecified atom stereocenters. The fourth-order valence-corrected chi connectivity index (χ4v) is 3.40. The van der Waals surface area contributed by atoms with Crippen LogP contribution in [0.2, 0.25) is 0 Å². The molecule has 0 atom stereocenters. The molecule has 0 radical (unpaired) electrons. The SMILES string of the molecule is CCCc1ccc2oc(C)c(-c3nc(C)cs3)c(=O)c2c1. The molecule has 0 amide bonds. The molecule has 0 saturated carbocycles. The zero-order valence-electron chi connectivity index (χ0n) is 12.4. The van der Waals surface area contributed by atoms with Crippen LogP contribution in [0.25, 0.3) is 21.5 Å². The summed E-state index contributed by atoms with van der Waals surface area (Å²) in [7, 11) is 0. The Kier molecular flexibility index (Phi) is 3.64. The van der Waals surface area contributed by atoms with Gasteiger partial charge in [-0.1, -0.05) is 19.4 Å². The molecule has 3 rings (SSSR count). The number of hydrogen-bond acceptors (Lipinski definition) is 4. The summed E-state index contributed by atoms with van der Waals surface area (Å²) in [4.78, 5) is 17.2. The van der Waals surface area contributed by atoms with E-state index in [1.165, 1.54) is 16.9 Å². The highest BCUT2D eigenvalue weighted by molar-refractivity contribution is 7.13. The van der Waals surface area contributed by atoms with Crippen molar-refractivity contribution in [1.29, 1.82) is 0 Å². The summed E-state index contributed by atoms with van der Waals surface area (Å²) >= 11 is 1.48. The number of hydrogen-bond donors (Lipinski definition) is 0. The van der Waals surface area contributed by atoms with Gasteiger partial charge in [-0.25, -0.2) is 4.98 Å². The Bertz CT molecular complexity index is 861. The quantitative estimate of drug-likeness (QED) is 0.716. The van der Waals surface area contributed by atoms with Crippen LogP contribution in [-0.2, 0) is 6.42 Å². The molecule has 0 N–H and O–H groups in total. The van der Waals surface area contributed by atoms with E-state index in [4.69, 9.17) is 4.42 Å². The van der Waals surface area contributed by atoms with Crippen LogP contribution in [-0.4, -0.2) is 4.98 Å². The number of aromatic nitrogens is 1. The van der Waals surface area contributed by atoms with Crippen LogP contribution < -0.4 is 5.43 Å². The lowest BCUT2D eigenvalue weighted by Gasteiger charge is -2.06. The van der Waals surface area contributed by atoms with E-state index in [-0.39, 0.29) is 5.43 Å². The van der Waals surface area contributed by atoms with Crippen molar-refractivity contribution in [3.63, 3.8) is 0 Å². The zero-order valence-corrected chi connectivity index (χ0v) is 13.2. The highest BCUT2D eigenvalue weighted by Crippen LogP contribution is 2.27. The third kappa shape index (κ3) is 2.51. The summed E-state index contributed by atoms with van der Waals surface area (Å²) in [5, 5.41) is 3.34. The Labute approximate surface area is 127 Å². The molecule has 0 spiro atoms. The molecule has 3 aromatic rings. The molecule has 0 aliphatic carbocycles. The summed E-state index contributed by atoms with van der Waals surface area (Å²) in [5.74, 6) is 0.630. The van der Waals surface area contributed by atoms with Gasteiger partial charge in [-0.3, -0.25) is 4.79 Å². The Morgan fingerprint density at radius 3 is 2.76 bits per heavy atom. The van der Waals surface area contributed by atoms with Crippen molar-refractivity contribution in [3.8, 4) is 10.6 Å². The van der Waals surface area contributed by atoms with E-state index in [0.29, 0.717) is 22.3 Å². The molecular weight excluding hydrogens is 282 g/mol. The molecule has 21 heavy (non-hydrogen) atoms. The number of fused-ring (bicyclic) bond motifs is 1. The monoisotopic (exact) mass is 299 g/mol. The standard InChI is InChI=1S/C17H17NO2S/c1-4-5-12-6-7-14-13(8-12)16(19)15(11(3)20-14)17-18-10(2)9-21-17/h6-9H,4-5H2,1-3H3. The van der Waals surface area contributed by atoms with Gasteiger partial charge in [0.1, 0.15) is 16.4 Å². The average Bonchev–Trinajstić information content (AvgIpc) is 2.86. The van der Waals surface area contributed by atoms with Crippen LogP contribution >= 0.6 is 11.3 Å². The minimum atomic E-state index is 0.0149. The maximum Gasteiger partial charge on any atom is 0.203 e. The van der Waals surface area contributed by atoms with E-state index in [1.807, 2.05) is 37.4 Å². The van der Waals surface area contributed by atoms with Crippen LogP contribution in [0.4, 0.5) is 0 Å². The van der Waals surface area contributed by atoms with Gasteiger partial charge in [0.2, 0.25) is 5.43 Å². The number of aryl methyl sites for hydroxylation is 3. The smallest absolute Gasteiger partial charge is 0.203 e. The van der Waals surface area contributed by atoms with Gasteiger partial charge in [0.05, 0.1) is 10.9 Å². The first-order chi connectivity index (χ1) is 10.1. The molecule has 3 nitrogen and oxygen atoms in total. The van der Waals surface area contributed by atoms with Crippen molar-refractivity contribution in [2.45, 2.75) is 33.6 Å². The second-order valence-corrected chi connectivity index (χ2v) is 6.10. The topological polar surface area (TPSA) is 43.1 Å². The van der Waals surface area contributed by atoms with Crippen molar-refractivity contribution < 1.29 is 4.42 Å². The second-order valence-electron chi connectivity index (χ2n) is 5.24. The lowest BCUT2D eigenvalue weighted by Crippen LogP contribution is -2.07. The van der Waals surface area contributed by atoms with E-state index in [2.05, 4.69) is 11.9 Å². The molecular formula is C17H17NO2S. The average molecular weight is 299 g/mol. The van der Waals surface area contributed by atoms with E-state index in [1.54, 1.807) is 0 Å². The normalized spacial score (nSPS) is 11.2. The van der Waals surface area contributed by atoms with Gasteiger partial charge in [0.25, 0.3) is 0 Å². The Morgan fingerprint density at radius 2 is 2.10 bits per heavy atom. The van der Waals surface area contributed by atoms with Gasteiger partial charge >= 0.3 is 0 Å². The molecule has 2 aromatic heterocycles. The summed E-state index contributed by atoms with van der Waals surface area (Å²) in [6.07, 6.45) is 2.02. The molecule has 4 heteroatoms. The van der Waals surface area contributed by atoms with E-state index >= 15 is 0 Å². The third-order valence-corrected chi connectivity index (χ3v) is 4.48. The van der Waals surface area contributed by atoms with E-state index in [0.717, 1.165) is 23.5 Å². The van der Waals surface area contributed by atoms with Gasteiger partial charge in [-0.05, 0) is 38.0 Å². The summed E-state index contributed by atoms with van der Waals surface area (Å²) in [6, 6.07) is 5.88. The van der Waals surface area contributed by atoms with Gasteiger partial charge in [0.15, 0.2) is 0 Å². The van der Waals surface area contributed by atoms with Crippen molar-refractivity contribution in [2.75, 3.05) is 0 Å². The largest absolute Gasteiger partial charge is 0.460 e. The fraction of sp³-hybridized carbons (Fsp3) is 0.294. The first-order valence-corrected chi connectivity index (χ1v) is 7.97. The highest BCUT2D eigenvalue weighted by atomic mass is 32.1. The number of benzene rings is 1. The van der Waals surface area contributed by atoms with Crippen molar-refractivity contribution in [2.24, 2.45) is 0 Å². The second kappa shape index (κ2) is 5.45.